The number of ether oxygens (including phenoxy) is 3. The lowest BCUT2D eigenvalue weighted by molar-refractivity contribution is -0.155. The number of aliphatic hydroxyl groups is 1. The third-order valence-corrected chi connectivity index (χ3v) is 7.03. The van der Waals surface area contributed by atoms with Crippen LogP contribution in [0.3, 0.4) is 0 Å². The topological polar surface area (TPSA) is 106 Å². The zero-order valence-electron chi connectivity index (χ0n) is 24.2. The summed E-state index contributed by atoms with van der Waals surface area (Å²) in [6.45, 7) is 8.37. The molecule has 0 saturated heterocycles. The molecule has 0 bridgehead atoms. The first-order valence-corrected chi connectivity index (χ1v) is 14.8. The third-order valence-electron chi connectivity index (χ3n) is 6.47. The standard InChI is InChI=1S/C31H40Cl2N2O6/c1-5-6-7-17-34-29(38)31(16-15-26(37)41-30(2,3)4)27(24-14-11-22(32)20-25(24)33)40-28(35-31)21-9-12-23(13-10-21)39-19-8-18-36/h9-14,20,27,36H,5-8,15-19H2,1-4H3,(H,34,38)/t27-,31-/m1/s1. The molecule has 0 unspecified atom stereocenters. The monoisotopic (exact) mass is 606 g/mol. The largest absolute Gasteiger partial charge is 0.494 e. The van der Waals surface area contributed by atoms with Gasteiger partial charge in [0.05, 0.1) is 6.61 Å². The van der Waals surface area contributed by atoms with Crippen molar-refractivity contribution in [3.05, 3.63) is 63.6 Å². The SMILES string of the molecule is CCCCCNC(=O)[C@]1(CCC(=O)OC(C)(C)C)N=C(c2ccc(OCCCO)cc2)O[C@@H]1c1ccc(Cl)cc1Cl. The smallest absolute Gasteiger partial charge is 0.306 e. The summed E-state index contributed by atoms with van der Waals surface area (Å²) in [6.07, 6.45) is 2.37. The minimum atomic E-state index is -1.49. The molecule has 0 spiro atoms. The predicted molar refractivity (Wildman–Crippen MR) is 161 cm³/mol. The van der Waals surface area contributed by atoms with Crippen LogP contribution in [0.5, 0.6) is 5.75 Å². The van der Waals surface area contributed by atoms with Gasteiger partial charge < -0.3 is 24.6 Å². The molecular weight excluding hydrogens is 567 g/mol. The molecule has 2 atom stereocenters. The molecule has 0 aliphatic carbocycles. The first kappa shape index (κ1) is 32.7. The molecule has 0 aromatic heterocycles. The molecule has 41 heavy (non-hydrogen) atoms. The molecule has 2 aromatic rings. The third kappa shape index (κ3) is 9.09. The number of unbranched alkanes of at least 4 members (excludes halogenated alkanes) is 2. The number of carbonyl (C=O) groups is 2. The summed E-state index contributed by atoms with van der Waals surface area (Å²) in [5.41, 5.74) is -1.00. The number of rotatable bonds is 14. The van der Waals surface area contributed by atoms with Crippen LogP contribution in [-0.2, 0) is 19.1 Å². The van der Waals surface area contributed by atoms with E-state index in [1.807, 2.05) is 0 Å². The maximum atomic E-state index is 14.0. The number of aliphatic hydroxyl groups excluding tert-OH is 1. The molecule has 0 radical (unpaired) electrons. The van der Waals surface area contributed by atoms with Crippen molar-refractivity contribution in [2.45, 2.75) is 83.5 Å². The Labute approximate surface area is 252 Å². The van der Waals surface area contributed by atoms with Crippen molar-refractivity contribution in [3.63, 3.8) is 0 Å². The summed E-state index contributed by atoms with van der Waals surface area (Å²) in [6, 6.07) is 12.1. The highest BCUT2D eigenvalue weighted by Crippen LogP contribution is 2.45. The van der Waals surface area contributed by atoms with Gasteiger partial charge in [-0.25, -0.2) is 4.99 Å². The van der Waals surface area contributed by atoms with Gasteiger partial charge in [-0.3, -0.25) is 9.59 Å². The Bertz CT molecular complexity index is 1210. The van der Waals surface area contributed by atoms with E-state index in [4.69, 9.17) is 47.5 Å². The van der Waals surface area contributed by atoms with E-state index in [0.717, 1.165) is 19.3 Å². The molecule has 1 aliphatic rings. The number of halogens is 2. The maximum Gasteiger partial charge on any atom is 0.306 e. The Morgan fingerprint density at radius 3 is 2.46 bits per heavy atom. The highest BCUT2D eigenvalue weighted by Gasteiger charge is 2.53. The second-order valence-corrected chi connectivity index (χ2v) is 11.8. The Morgan fingerprint density at radius 1 is 1.10 bits per heavy atom. The highest BCUT2D eigenvalue weighted by molar-refractivity contribution is 6.35. The van der Waals surface area contributed by atoms with Crippen molar-refractivity contribution >= 4 is 41.0 Å². The molecule has 224 valence electrons. The van der Waals surface area contributed by atoms with Gasteiger partial charge in [0.15, 0.2) is 11.6 Å². The van der Waals surface area contributed by atoms with Gasteiger partial charge in [0, 0.05) is 47.2 Å². The van der Waals surface area contributed by atoms with Gasteiger partial charge in [0.2, 0.25) is 5.90 Å². The molecule has 0 saturated carbocycles. The van der Waals surface area contributed by atoms with Crippen LogP contribution in [0.4, 0.5) is 0 Å². The zero-order chi connectivity index (χ0) is 30.0. The van der Waals surface area contributed by atoms with Crippen LogP contribution in [0.15, 0.2) is 47.5 Å². The van der Waals surface area contributed by atoms with Crippen molar-refractivity contribution in [3.8, 4) is 5.75 Å². The molecule has 1 heterocycles. The quantitative estimate of drug-likeness (QED) is 0.189. The summed E-state index contributed by atoms with van der Waals surface area (Å²) in [5.74, 6) is 0.0792. The van der Waals surface area contributed by atoms with Crippen molar-refractivity contribution in [1.29, 1.82) is 0 Å². The van der Waals surface area contributed by atoms with Crippen LogP contribution in [-0.4, -0.2) is 53.8 Å². The van der Waals surface area contributed by atoms with Crippen LogP contribution in [0.25, 0.3) is 0 Å². The fourth-order valence-electron chi connectivity index (χ4n) is 4.48. The fourth-order valence-corrected chi connectivity index (χ4v) is 4.98. The molecule has 2 aromatic carbocycles. The molecular formula is C31H40Cl2N2O6. The lowest BCUT2D eigenvalue weighted by Crippen LogP contribution is -2.49. The fraction of sp³-hybridized carbons (Fsp3) is 0.516. The van der Waals surface area contributed by atoms with E-state index in [2.05, 4.69) is 12.2 Å². The van der Waals surface area contributed by atoms with Gasteiger partial charge >= 0.3 is 5.97 Å². The first-order valence-electron chi connectivity index (χ1n) is 14.0. The second kappa shape index (κ2) is 14.9. The van der Waals surface area contributed by atoms with Crippen molar-refractivity contribution < 1.29 is 28.9 Å². The lowest BCUT2D eigenvalue weighted by atomic mass is 9.83. The Balaban J connectivity index is 2.03. The number of hydrogen-bond donors (Lipinski definition) is 2. The Morgan fingerprint density at radius 2 is 1.83 bits per heavy atom. The molecule has 2 N–H and O–H groups in total. The lowest BCUT2D eigenvalue weighted by Gasteiger charge is -2.31. The van der Waals surface area contributed by atoms with E-state index in [1.54, 1.807) is 63.2 Å². The van der Waals surface area contributed by atoms with E-state index in [9.17, 15) is 9.59 Å². The van der Waals surface area contributed by atoms with E-state index >= 15 is 0 Å². The number of amides is 1. The molecule has 1 amide bonds. The summed E-state index contributed by atoms with van der Waals surface area (Å²) in [5, 5.41) is 12.8. The van der Waals surface area contributed by atoms with Crippen molar-refractivity contribution in [1.82, 2.24) is 5.32 Å². The van der Waals surface area contributed by atoms with E-state index < -0.39 is 23.2 Å². The Hall–Kier alpha value is -2.81. The predicted octanol–water partition coefficient (Wildman–Crippen LogP) is 6.44. The molecule has 8 nitrogen and oxygen atoms in total. The normalized spacial score (nSPS) is 18.4. The summed E-state index contributed by atoms with van der Waals surface area (Å²) >= 11 is 12.8. The van der Waals surface area contributed by atoms with Gasteiger partial charge in [-0.1, -0.05) is 49.0 Å². The van der Waals surface area contributed by atoms with E-state index in [-0.39, 0.29) is 31.3 Å². The number of aliphatic imine (C=N–C) groups is 1. The molecule has 0 fully saturated rings. The number of nitrogens with one attached hydrogen (secondary N) is 1. The number of nitrogens with zero attached hydrogens (tertiary/aromatic N) is 1. The van der Waals surface area contributed by atoms with Gasteiger partial charge in [-0.05, 0) is 70.0 Å². The van der Waals surface area contributed by atoms with Crippen molar-refractivity contribution in [2.75, 3.05) is 19.8 Å². The average Bonchev–Trinajstić information content (AvgIpc) is 3.30. The summed E-state index contributed by atoms with van der Waals surface area (Å²) in [4.78, 5) is 31.7. The second-order valence-electron chi connectivity index (χ2n) is 11.0. The minimum absolute atomic E-state index is 0.0387. The van der Waals surface area contributed by atoms with E-state index in [1.165, 1.54) is 0 Å². The van der Waals surface area contributed by atoms with Crippen molar-refractivity contribution in [2.24, 2.45) is 4.99 Å². The van der Waals surface area contributed by atoms with Crippen LogP contribution >= 0.6 is 23.2 Å². The van der Waals surface area contributed by atoms with E-state index in [0.29, 0.717) is 46.5 Å². The molecule has 10 heteroatoms. The number of carbonyl (C=O) groups excluding carboxylic acids is 2. The maximum absolute atomic E-state index is 14.0. The number of esters is 1. The van der Waals surface area contributed by atoms with Gasteiger partial charge in [0.25, 0.3) is 5.91 Å². The highest BCUT2D eigenvalue weighted by atomic mass is 35.5. The first-order chi connectivity index (χ1) is 19.5. The summed E-state index contributed by atoms with van der Waals surface area (Å²) in [7, 11) is 0. The van der Waals surface area contributed by atoms with Gasteiger partial charge in [0.1, 0.15) is 11.4 Å². The average molecular weight is 608 g/mol. The Kier molecular flexibility index (Phi) is 11.9. The number of hydrogen-bond acceptors (Lipinski definition) is 7. The van der Waals surface area contributed by atoms with Crippen LogP contribution in [0, 0.1) is 0 Å². The number of benzene rings is 2. The van der Waals surface area contributed by atoms with Crippen LogP contribution < -0.4 is 10.1 Å². The van der Waals surface area contributed by atoms with Gasteiger partial charge in [-0.15, -0.1) is 0 Å². The minimum Gasteiger partial charge on any atom is -0.494 e. The van der Waals surface area contributed by atoms with Crippen LogP contribution in [0.2, 0.25) is 10.0 Å². The summed E-state index contributed by atoms with van der Waals surface area (Å²) < 4.78 is 17.6. The van der Waals surface area contributed by atoms with Crippen LogP contribution in [0.1, 0.15) is 83.5 Å². The van der Waals surface area contributed by atoms with Gasteiger partial charge in [-0.2, -0.15) is 0 Å². The molecule has 1 aliphatic heterocycles. The zero-order valence-corrected chi connectivity index (χ0v) is 25.7. The molecule has 3 rings (SSSR count).